The number of hydrogen-bond acceptors (Lipinski definition) is 2. The van der Waals surface area contributed by atoms with Crippen LogP contribution in [0, 0.1) is 0 Å². The molecule has 18 heavy (non-hydrogen) atoms. The van der Waals surface area contributed by atoms with Crippen LogP contribution in [-0.4, -0.2) is 14.2 Å². The molecule has 0 fully saturated rings. The maximum absolute atomic E-state index is 5.29. The van der Waals surface area contributed by atoms with Crippen molar-refractivity contribution in [3.05, 3.63) is 42.7 Å². The smallest absolute Gasteiger partial charge is 0.169 e. The van der Waals surface area contributed by atoms with Crippen molar-refractivity contribution in [3.8, 4) is 22.6 Å². The van der Waals surface area contributed by atoms with E-state index in [0.29, 0.717) is 0 Å². The van der Waals surface area contributed by atoms with Crippen LogP contribution in [0.3, 0.4) is 0 Å². The molecule has 0 saturated carbocycles. The Morgan fingerprint density at radius 1 is 0.833 bits per heavy atom. The van der Waals surface area contributed by atoms with Gasteiger partial charge in [-0.15, -0.1) is 0 Å². The van der Waals surface area contributed by atoms with Gasteiger partial charge in [0.1, 0.15) is 7.05 Å². The summed E-state index contributed by atoms with van der Waals surface area (Å²) in [5, 5.41) is 0. The Morgan fingerprint density at radius 2 is 1.44 bits per heavy atom. The lowest BCUT2D eigenvalue weighted by atomic mass is 10.1. The maximum atomic E-state index is 5.29. The predicted octanol–water partition coefficient (Wildman–Crippen LogP) is -0.801. The fraction of sp³-hybridized carbons (Fsp3) is 0.214. The second kappa shape index (κ2) is 6.58. The van der Waals surface area contributed by atoms with Crippen LogP contribution in [-0.2, 0) is 7.05 Å². The Hall–Kier alpha value is -1.30. The summed E-state index contributed by atoms with van der Waals surface area (Å²) in [4.78, 5) is 0. The topological polar surface area (TPSA) is 22.3 Å². The van der Waals surface area contributed by atoms with Crippen LogP contribution >= 0.6 is 0 Å². The normalized spacial score (nSPS) is 9.50. The van der Waals surface area contributed by atoms with Crippen molar-refractivity contribution in [2.75, 3.05) is 14.2 Å². The fourth-order valence-electron chi connectivity index (χ4n) is 1.71. The standard InChI is InChI=1S/C14H16NO2.HI/c1-15-8-6-11(7-9-15)12-4-5-13(16-2)14(10-12)17-3;/h4-10H,1-3H3;1H/q+1;/p-1. The second-order valence-corrected chi connectivity index (χ2v) is 3.82. The van der Waals surface area contributed by atoms with Crippen molar-refractivity contribution in [2.45, 2.75) is 0 Å². The summed E-state index contributed by atoms with van der Waals surface area (Å²) >= 11 is 0. The highest BCUT2D eigenvalue weighted by atomic mass is 127. The molecular formula is C14H16INO2. The molecule has 0 aliphatic rings. The van der Waals surface area contributed by atoms with Gasteiger partial charge in [0.25, 0.3) is 0 Å². The van der Waals surface area contributed by atoms with Crippen molar-refractivity contribution >= 4 is 0 Å². The number of ether oxygens (including phenoxy) is 2. The lowest BCUT2D eigenvalue weighted by molar-refractivity contribution is -0.671. The van der Waals surface area contributed by atoms with E-state index < -0.39 is 0 Å². The van der Waals surface area contributed by atoms with Gasteiger partial charge in [-0.05, 0) is 23.3 Å². The van der Waals surface area contributed by atoms with Gasteiger partial charge >= 0.3 is 0 Å². The quantitative estimate of drug-likeness (QED) is 0.530. The molecule has 0 radical (unpaired) electrons. The number of halogens is 1. The Labute approximate surface area is 124 Å². The summed E-state index contributed by atoms with van der Waals surface area (Å²) in [6.07, 6.45) is 4.04. The monoisotopic (exact) mass is 357 g/mol. The summed E-state index contributed by atoms with van der Waals surface area (Å²) in [7, 11) is 5.28. The molecule has 0 saturated heterocycles. The molecule has 0 aliphatic heterocycles. The Balaban J connectivity index is 0.00000162. The summed E-state index contributed by atoms with van der Waals surface area (Å²) in [6, 6.07) is 10.1. The average Bonchev–Trinajstić information content (AvgIpc) is 2.39. The summed E-state index contributed by atoms with van der Waals surface area (Å²) in [5.74, 6) is 1.50. The van der Waals surface area contributed by atoms with E-state index in [0.717, 1.165) is 22.6 Å². The van der Waals surface area contributed by atoms with Gasteiger partial charge in [0.2, 0.25) is 0 Å². The molecule has 0 bridgehead atoms. The van der Waals surface area contributed by atoms with Crippen molar-refractivity contribution < 1.29 is 38.0 Å². The van der Waals surface area contributed by atoms with Crippen LogP contribution in [0.5, 0.6) is 11.5 Å². The third-order valence-electron chi connectivity index (χ3n) is 2.70. The highest BCUT2D eigenvalue weighted by Crippen LogP contribution is 2.31. The molecule has 0 spiro atoms. The summed E-state index contributed by atoms with van der Waals surface area (Å²) in [6.45, 7) is 0. The number of rotatable bonds is 3. The molecule has 0 unspecified atom stereocenters. The molecule has 2 aromatic rings. The van der Waals surface area contributed by atoms with Crippen LogP contribution in [0.2, 0.25) is 0 Å². The number of pyridine rings is 1. The lowest BCUT2D eigenvalue weighted by Gasteiger charge is -2.09. The van der Waals surface area contributed by atoms with E-state index in [4.69, 9.17) is 9.47 Å². The maximum Gasteiger partial charge on any atom is 0.169 e. The van der Waals surface area contributed by atoms with Crippen LogP contribution in [0.25, 0.3) is 11.1 Å². The van der Waals surface area contributed by atoms with Gasteiger partial charge in [-0.3, -0.25) is 0 Å². The Morgan fingerprint density at radius 3 is 2.00 bits per heavy atom. The Bertz CT molecular complexity index is 512. The van der Waals surface area contributed by atoms with Crippen LogP contribution < -0.4 is 38.0 Å². The van der Waals surface area contributed by atoms with Gasteiger partial charge in [0.15, 0.2) is 23.9 Å². The molecule has 4 heteroatoms. The number of aryl methyl sites for hydroxylation is 1. The van der Waals surface area contributed by atoms with E-state index in [1.165, 1.54) is 0 Å². The third-order valence-corrected chi connectivity index (χ3v) is 2.70. The largest absolute Gasteiger partial charge is 1.00 e. The molecule has 3 nitrogen and oxygen atoms in total. The first-order valence-electron chi connectivity index (χ1n) is 5.42. The van der Waals surface area contributed by atoms with E-state index in [1.807, 2.05) is 42.2 Å². The van der Waals surface area contributed by atoms with Crippen molar-refractivity contribution in [1.29, 1.82) is 0 Å². The molecule has 0 amide bonds. The minimum Gasteiger partial charge on any atom is -1.00 e. The van der Waals surface area contributed by atoms with E-state index >= 15 is 0 Å². The van der Waals surface area contributed by atoms with Crippen molar-refractivity contribution in [2.24, 2.45) is 7.05 Å². The molecular weight excluding hydrogens is 341 g/mol. The lowest BCUT2D eigenvalue weighted by Crippen LogP contribution is -3.00. The number of hydrogen-bond donors (Lipinski definition) is 0. The van der Waals surface area contributed by atoms with E-state index in [-0.39, 0.29) is 24.0 Å². The number of benzene rings is 1. The fourth-order valence-corrected chi connectivity index (χ4v) is 1.71. The summed E-state index contributed by atoms with van der Waals surface area (Å²) in [5.41, 5.74) is 2.27. The minimum absolute atomic E-state index is 0. The van der Waals surface area contributed by atoms with Crippen LogP contribution in [0.15, 0.2) is 42.7 Å². The molecule has 96 valence electrons. The first-order chi connectivity index (χ1) is 8.24. The first kappa shape index (κ1) is 14.8. The van der Waals surface area contributed by atoms with Gasteiger partial charge in [-0.2, -0.15) is 0 Å². The number of methoxy groups -OCH3 is 2. The Kier molecular flexibility index (Phi) is 5.40. The highest BCUT2D eigenvalue weighted by molar-refractivity contribution is 5.66. The zero-order valence-electron chi connectivity index (χ0n) is 10.7. The molecule has 0 atom stereocenters. The molecule has 0 N–H and O–H groups in total. The molecule has 1 aromatic heterocycles. The molecule has 0 aliphatic carbocycles. The van der Waals surface area contributed by atoms with Gasteiger partial charge in [0.05, 0.1) is 14.2 Å². The van der Waals surface area contributed by atoms with Crippen molar-refractivity contribution in [1.82, 2.24) is 0 Å². The molecule has 1 heterocycles. The third kappa shape index (κ3) is 3.13. The minimum atomic E-state index is 0. The van der Waals surface area contributed by atoms with Gasteiger partial charge in [0, 0.05) is 12.1 Å². The average molecular weight is 357 g/mol. The molecule has 1 aromatic carbocycles. The highest BCUT2D eigenvalue weighted by Gasteiger charge is 2.06. The van der Waals surface area contributed by atoms with E-state index in [2.05, 4.69) is 12.1 Å². The zero-order chi connectivity index (χ0) is 12.3. The van der Waals surface area contributed by atoms with Crippen LogP contribution in [0.1, 0.15) is 0 Å². The van der Waals surface area contributed by atoms with Gasteiger partial charge in [-0.25, -0.2) is 4.57 Å². The SMILES string of the molecule is COc1ccc(-c2cc[n+](C)cc2)cc1OC.[I-]. The predicted molar refractivity (Wildman–Crippen MR) is 66.2 cm³/mol. The number of aromatic nitrogens is 1. The molecule has 2 rings (SSSR count). The van der Waals surface area contributed by atoms with Crippen molar-refractivity contribution in [3.63, 3.8) is 0 Å². The summed E-state index contributed by atoms with van der Waals surface area (Å²) < 4.78 is 12.5. The van der Waals surface area contributed by atoms with Gasteiger partial charge < -0.3 is 33.5 Å². The zero-order valence-corrected chi connectivity index (χ0v) is 12.8. The van der Waals surface area contributed by atoms with Gasteiger partial charge in [-0.1, -0.05) is 6.07 Å². The van der Waals surface area contributed by atoms with Crippen LogP contribution in [0.4, 0.5) is 0 Å². The first-order valence-corrected chi connectivity index (χ1v) is 5.42. The number of nitrogens with zero attached hydrogens (tertiary/aromatic N) is 1. The van der Waals surface area contributed by atoms with E-state index in [1.54, 1.807) is 14.2 Å². The second-order valence-electron chi connectivity index (χ2n) is 3.82. The van der Waals surface area contributed by atoms with E-state index in [9.17, 15) is 0 Å².